The molecule has 92 valence electrons. The second-order valence-corrected chi connectivity index (χ2v) is 4.56. The molecule has 5 nitrogen and oxygen atoms in total. The molecule has 2 aromatic heterocycles. The Morgan fingerprint density at radius 2 is 2.06 bits per heavy atom. The van der Waals surface area contributed by atoms with Gasteiger partial charge in [0.15, 0.2) is 0 Å². The SMILES string of the molecule is Nc1ccc(SCc2ccc(C(=O)O)cn2)nc1. The average Bonchev–Trinajstić information content (AvgIpc) is 2.38. The van der Waals surface area contributed by atoms with E-state index < -0.39 is 5.97 Å². The minimum Gasteiger partial charge on any atom is -0.478 e. The van der Waals surface area contributed by atoms with Crippen molar-refractivity contribution in [2.45, 2.75) is 10.8 Å². The third-order valence-corrected chi connectivity index (χ3v) is 3.18. The Morgan fingerprint density at radius 1 is 1.22 bits per heavy atom. The Kier molecular flexibility index (Phi) is 3.78. The topological polar surface area (TPSA) is 89.1 Å². The van der Waals surface area contributed by atoms with E-state index in [1.54, 1.807) is 24.4 Å². The lowest BCUT2D eigenvalue weighted by Crippen LogP contribution is -1.98. The summed E-state index contributed by atoms with van der Waals surface area (Å²) in [6, 6.07) is 6.87. The summed E-state index contributed by atoms with van der Waals surface area (Å²) in [5, 5.41) is 9.60. The van der Waals surface area contributed by atoms with Crippen molar-refractivity contribution in [3.8, 4) is 0 Å². The molecule has 2 rings (SSSR count). The van der Waals surface area contributed by atoms with E-state index in [4.69, 9.17) is 10.8 Å². The first-order chi connectivity index (χ1) is 8.65. The lowest BCUT2D eigenvalue weighted by atomic mass is 10.2. The van der Waals surface area contributed by atoms with Gasteiger partial charge in [0.2, 0.25) is 0 Å². The van der Waals surface area contributed by atoms with E-state index in [1.807, 2.05) is 6.07 Å². The Bertz CT molecular complexity index is 540. The van der Waals surface area contributed by atoms with Crippen molar-refractivity contribution >= 4 is 23.4 Å². The van der Waals surface area contributed by atoms with Crippen molar-refractivity contribution in [1.82, 2.24) is 9.97 Å². The van der Waals surface area contributed by atoms with Crippen molar-refractivity contribution in [1.29, 1.82) is 0 Å². The van der Waals surface area contributed by atoms with Gasteiger partial charge in [-0.1, -0.05) is 0 Å². The van der Waals surface area contributed by atoms with Crippen LogP contribution in [0.2, 0.25) is 0 Å². The highest BCUT2D eigenvalue weighted by Gasteiger charge is 2.03. The summed E-state index contributed by atoms with van der Waals surface area (Å²) >= 11 is 1.52. The Hall–Kier alpha value is -2.08. The van der Waals surface area contributed by atoms with Crippen LogP contribution in [0.15, 0.2) is 41.7 Å². The van der Waals surface area contributed by atoms with Gasteiger partial charge in [-0.3, -0.25) is 4.98 Å². The van der Waals surface area contributed by atoms with Gasteiger partial charge in [0.1, 0.15) is 0 Å². The van der Waals surface area contributed by atoms with E-state index >= 15 is 0 Å². The lowest BCUT2D eigenvalue weighted by molar-refractivity contribution is 0.0696. The van der Waals surface area contributed by atoms with Gasteiger partial charge < -0.3 is 10.8 Å². The number of thioether (sulfide) groups is 1. The first-order valence-corrected chi connectivity index (χ1v) is 6.16. The molecule has 0 aliphatic rings. The number of nitrogens with two attached hydrogens (primary N) is 1. The molecule has 0 bridgehead atoms. The van der Waals surface area contributed by atoms with Crippen LogP contribution in [0, 0.1) is 0 Å². The zero-order valence-electron chi connectivity index (χ0n) is 9.41. The van der Waals surface area contributed by atoms with E-state index in [2.05, 4.69) is 9.97 Å². The molecule has 2 aromatic rings. The van der Waals surface area contributed by atoms with Crippen LogP contribution in [0.1, 0.15) is 16.1 Å². The summed E-state index contributed by atoms with van der Waals surface area (Å²) < 4.78 is 0. The highest BCUT2D eigenvalue weighted by molar-refractivity contribution is 7.98. The number of aromatic carboxylic acids is 1. The quantitative estimate of drug-likeness (QED) is 0.819. The first-order valence-electron chi connectivity index (χ1n) is 5.18. The number of nitrogen functional groups attached to an aromatic ring is 1. The summed E-state index contributed by atoms with van der Waals surface area (Å²) in [6.07, 6.45) is 2.96. The van der Waals surface area contributed by atoms with Gasteiger partial charge in [-0.05, 0) is 24.3 Å². The van der Waals surface area contributed by atoms with Crippen molar-refractivity contribution in [2.24, 2.45) is 0 Å². The van der Waals surface area contributed by atoms with Gasteiger partial charge in [0.05, 0.1) is 28.2 Å². The number of pyridine rings is 2. The molecule has 0 saturated heterocycles. The molecule has 0 unspecified atom stereocenters. The molecule has 0 radical (unpaired) electrons. The molecule has 18 heavy (non-hydrogen) atoms. The van der Waals surface area contributed by atoms with E-state index in [0.717, 1.165) is 10.7 Å². The molecule has 6 heteroatoms. The Balaban J connectivity index is 1.97. The Morgan fingerprint density at radius 3 is 2.61 bits per heavy atom. The van der Waals surface area contributed by atoms with Crippen LogP contribution in [-0.4, -0.2) is 21.0 Å². The van der Waals surface area contributed by atoms with Gasteiger partial charge >= 0.3 is 5.97 Å². The molecule has 0 atom stereocenters. The normalized spacial score (nSPS) is 10.2. The lowest BCUT2D eigenvalue weighted by Gasteiger charge is -2.01. The van der Waals surface area contributed by atoms with Crippen molar-refractivity contribution in [3.63, 3.8) is 0 Å². The maximum atomic E-state index is 10.7. The summed E-state index contributed by atoms with van der Waals surface area (Å²) in [5.41, 5.74) is 7.17. The average molecular weight is 261 g/mol. The molecule has 2 heterocycles. The smallest absolute Gasteiger partial charge is 0.337 e. The van der Waals surface area contributed by atoms with Gasteiger partial charge in [-0.2, -0.15) is 0 Å². The molecular formula is C12H11N3O2S. The molecule has 3 N–H and O–H groups in total. The number of nitrogens with zero attached hydrogens (tertiary/aromatic N) is 2. The number of rotatable bonds is 4. The summed E-state index contributed by atoms with van der Waals surface area (Å²) in [7, 11) is 0. The molecule has 0 amide bonds. The second kappa shape index (κ2) is 5.50. The van der Waals surface area contributed by atoms with Gasteiger partial charge in [0, 0.05) is 11.9 Å². The van der Waals surface area contributed by atoms with E-state index in [-0.39, 0.29) is 5.56 Å². The zero-order chi connectivity index (χ0) is 13.0. The predicted molar refractivity (Wildman–Crippen MR) is 69.4 cm³/mol. The van der Waals surface area contributed by atoms with Gasteiger partial charge in [-0.25, -0.2) is 9.78 Å². The first kappa shape index (κ1) is 12.4. The monoisotopic (exact) mass is 261 g/mol. The van der Waals surface area contributed by atoms with Crippen LogP contribution in [0.25, 0.3) is 0 Å². The minimum absolute atomic E-state index is 0.189. The largest absolute Gasteiger partial charge is 0.478 e. The molecule has 0 aliphatic carbocycles. The fourth-order valence-electron chi connectivity index (χ4n) is 1.26. The molecular weight excluding hydrogens is 250 g/mol. The predicted octanol–water partition coefficient (Wildman–Crippen LogP) is 2.05. The number of hydrogen-bond acceptors (Lipinski definition) is 5. The summed E-state index contributed by atoms with van der Waals surface area (Å²) in [4.78, 5) is 18.9. The number of carbonyl (C=O) groups is 1. The van der Waals surface area contributed by atoms with Crippen molar-refractivity contribution in [2.75, 3.05) is 5.73 Å². The van der Waals surface area contributed by atoms with Crippen LogP contribution >= 0.6 is 11.8 Å². The number of carboxylic acids is 1. The third kappa shape index (κ3) is 3.21. The van der Waals surface area contributed by atoms with Crippen LogP contribution < -0.4 is 5.73 Å². The number of aromatic nitrogens is 2. The van der Waals surface area contributed by atoms with Crippen molar-refractivity contribution < 1.29 is 9.90 Å². The van der Waals surface area contributed by atoms with Crippen molar-refractivity contribution in [3.05, 3.63) is 47.9 Å². The fraction of sp³-hybridized carbons (Fsp3) is 0.0833. The highest BCUT2D eigenvalue weighted by atomic mass is 32.2. The second-order valence-electron chi connectivity index (χ2n) is 3.56. The maximum absolute atomic E-state index is 10.7. The summed E-state index contributed by atoms with van der Waals surface area (Å²) in [5.74, 6) is -0.335. The highest BCUT2D eigenvalue weighted by Crippen LogP contribution is 2.20. The summed E-state index contributed by atoms with van der Waals surface area (Å²) in [6.45, 7) is 0. The molecule has 0 aliphatic heterocycles. The third-order valence-electron chi connectivity index (χ3n) is 2.20. The molecule has 0 aromatic carbocycles. The minimum atomic E-state index is -0.970. The molecule has 0 spiro atoms. The molecule has 0 saturated carbocycles. The van der Waals surface area contributed by atoms with Gasteiger partial charge in [0.25, 0.3) is 0 Å². The van der Waals surface area contributed by atoms with Crippen LogP contribution in [0.3, 0.4) is 0 Å². The number of hydrogen-bond donors (Lipinski definition) is 2. The van der Waals surface area contributed by atoms with Crippen LogP contribution in [0.4, 0.5) is 5.69 Å². The number of anilines is 1. The zero-order valence-corrected chi connectivity index (χ0v) is 10.2. The van der Waals surface area contributed by atoms with E-state index in [9.17, 15) is 4.79 Å². The van der Waals surface area contributed by atoms with Crippen LogP contribution in [-0.2, 0) is 5.75 Å². The van der Waals surface area contributed by atoms with Crippen LogP contribution in [0.5, 0.6) is 0 Å². The standard InChI is InChI=1S/C12H11N3O2S/c13-9-2-4-11(15-6-9)18-7-10-3-1-8(5-14-10)12(16)17/h1-6H,7,13H2,(H,16,17). The van der Waals surface area contributed by atoms with E-state index in [1.165, 1.54) is 18.0 Å². The maximum Gasteiger partial charge on any atom is 0.337 e. The number of carboxylic acid groups (broad SMARTS) is 1. The Labute approximate surface area is 108 Å². The molecule has 0 fully saturated rings. The van der Waals surface area contributed by atoms with Gasteiger partial charge in [-0.15, -0.1) is 11.8 Å². The fourth-order valence-corrected chi connectivity index (χ4v) is 2.02. The van der Waals surface area contributed by atoms with E-state index in [0.29, 0.717) is 11.4 Å².